The quantitative estimate of drug-likeness (QED) is 0.801. The Labute approximate surface area is 123 Å². The fraction of sp³-hybridized carbons (Fsp3) is 0.176. The van der Waals surface area contributed by atoms with Crippen LogP contribution in [0.15, 0.2) is 53.3 Å². The Morgan fingerprint density at radius 1 is 1.10 bits per heavy atom. The lowest BCUT2D eigenvalue weighted by atomic mass is 10.1. The van der Waals surface area contributed by atoms with Crippen molar-refractivity contribution >= 4 is 16.6 Å². The number of H-pyrrole nitrogens is 1. The standard InChI is InChI=1S/C17H17N3O/c1-3-20(2)13-10-8-12(9-11-13)16-18-15-7-5-4-6-14(15)17(21)19-16/h4-11H,3H2,1-2H3,(H,18,19,21). The maximum absolute atomic E-state index is 12.1. The van der Waals surface area contributed by atoms with E-state index in [4.69, 9.17) is 0 Å². The molecule has 3 rings (SSSR count). The molecule has 0 aliphatic heterocycles. The summed E-state index contributed by atoms with van der Waals surface area (Å²) in [5, 5.41) is 0.614. The number of anilines is 1. The highest BCUT2D eigenvalue weighted by Crippen LogP contribution is 2.20. The maximum atomic E-state index is 12.1. The molecule has 3 aromatic rings. The molecular formula is C17H17N3O. The third kappa shape index (κ3) is 2.52. The van der Waals surface area contributed by atoms with Crippen molar-refractivity contribution in [2.75, 3.05) is 18.5 Å². The van der Waals surface area contributed by atoms with Gasteiger partial charge in [-0.1, -0.05) is 12.1 Å². The molecule has 0 aliphatic carbocycles. The molecular weight excluding hydrogens is 262 g/mol. The summed E-state index contributed by atoms with van der Waals surface area (Å²) >= 11 is 0. The van der Waals surface area contributed by atoms with Crippen LogP contribution in [0.5, 0.6) is 0 Å². The highest BCUT2D eigenvalue weighted by atomic mass is 16.1. The van der Waals surface area contributed by atoms with E-state index in [0.717, 1.165) is 17.8 Å². The molecule has 0 atom stereocenters. The summed E-state index contributed by atoms with van der Waals surface area (Å²) in [5.74, 6) is 0.601. The number of benzene rings is 2. The average molecular weight is 279 g/mol. The Kier molecular flexibility index (Phi) is 3.44. The second-order valence-electron chi connectivity index (χ2n) is 4.99. The normalized spacial score (nSPS) is 10.8. The maximum Gasteiger partial charge on any atom is 0.259 e. The van der Waals surface area contributed by atoms with Crippen LogP contribution >= 0.6 is 0 Å². The van der Waals surface area contributed by atoms with Crippen molar-refractivity contribution in [3.05, 3.63) is 58.9 Å². The first-order valence-corrected chi connectivity index (χ1v) is 6.99. The molecule has 0 aliphatic rings. The van der Waals surface area contributed by atoms with Crippen molar-refractivity contribution in [1.29, 1.82) is 0 Å². The Morgan fingerprint density at radius 3 is 2.52 bits per heavy atom. The summed E-state index contributed by atoms with van der Waals surface area (Å²) in [5.41, 5.74) is 2.66. The summed E-state index contributed by atoms with van der Waals surface area (Å²) in [4.78, 5) is 21.6. The fourth-order valence-electron chi connectivity index (χ4n) is 2.28. The highest BCUT2D eigenvalue weighted by molar-refractivity contribution is 5.79. The average Bonchev–Trinajstić information content (AvgIpc) is 2.54. The minimum atomic E-state index is -0.106. The number of nitrogens with zero attached hydrogens (tertiary/aromatic N) is 2. The molecule has 0 unspecified atom stereocenters. The Bertz CT molecular complexity index is 821. The molecule has 0 saturated heterocycles. The van der Waals surface area contributed by atoms with Crippen LogP contribution in [0.2, 0.25) is 0 Å². The van der Waals surface area contributed by atoms with Gasteiger partial charge in [0.1, 0.15) is 5.82 Å². The fourth-order valence-corrected chi connectivity index (χ4v) is 2.28. The summed E-state index contributed by atoms with van der Waals surface area (Å²) < 4.78 is 0. The number of aromatic amines is 1. The van der Waals surface area contributed by atoms with E-state index in [1.807, 2.05) is 49.5 Å². The number of nitrogens with one attached hydrogen (secondary N) is 1. The molecule has 106 valence electrons. The lowest BCUT2D eigenvalue weighted by molar-refractivity contribution is 0.968. The lowest BCUT2D eigenvalue weighted by Gasteiger charge is -2.16. The first kappa shape index (κ1) is 13.4. The van der Waals surface area contributed by atoms with E-state index < -0.39 is 0 Å². The van der Waals surface area contributed by atoms with Crippen molar-refractivity contribution in [2.45, 2.75) is 6.92 Å². The van der Waals surface area contributed by atoms with E-state index in [2.05, 4.69) is 21.8 Å². The van der Waals surface area contributed by atoms with Gasteiger partial charge < -0.3 is 9.88 Å². The molecule has 2 aromatic carbocycles. The van der Waals surface area contributed by atoms with Crippen molar-refractivity contribution < 1.29 is 0 Å². The van der Waals surface area contributed by atoms with Gasteiger partial charge in [0.15, 0.2) is 0 Å². The molecule has 4 heteroatoms. The molecule has 0 fully saturated rings. The van der Waals surface area contributed by atoms with Crippen molar-refractivity contribution in [3.63, 3.8) is 0 Å². The molecule has 1 N–H and O–H groups in total. The minimum Gasteiger partial charge on any atom is -0.375 e. The van der Waals surface area contributed by atoms with Crippen molar-refractivity contribution in [1.82, 2.24) is 9.97 Å². The molecule has 0 bridgehead atoms. The Morgan fingerprint density at radius 2 is 1.81 bits per heavy atom. The van der Waals surface area contributed by atoms with Gasteiger partial charge in [0.2, 0.25) is 0 Å². The van der Waals surface area contributed by atoms with Gasteiger partial charge in [-0.25, -0.2) is 4.98 Å². The Hall–Kier alpha value is -2.62. The summed E-state index contributed by atoms with van der Waals surface area (Å²) in [7, 11) is 2.05. The zero-order valence-corrected chi connectivity index (χ0v) is 12.1. The number of fused-ring (bicyclic) bond motifs is 1. The van der Waals surface area contributed by atoms with E-state index in [9.17, 15) is 4.79 Å². The molecule has 0 radical (unpaired) electrons. The SMILES string of the molecule is CCN(C)c1ccc(-c2nc3ccccc3c(=O)[nH]2)cc1. The van der Waals surface area contributed by atoms with Crippen LogP contribution in [0.4, 0.5) is 5.69 Å². The zero-order chi connectivity index (χ0) is 14.8. The van der Waals surface area contributed by atoms with Gasteiger partial charge in [0.05, 0.1) is 10.9 Å². The predicted octanol–water partition coefficient (Wildman–Crippen LogP) is 3.05. The Balaban J connectivity index is 2.06. The monoisotopic (exact) mass is 279 g/mol. The van der Waals surface area contributed by atoms with Gasteiger partial charge in [-0.3, -0.25) is 4.79 Å². The highest BCUT2D eigenvalue weighted by Gasteiger charge is 2.06. The van der Waals surface area contributed by atoms with Gasteiger partial charge in [-0.15, -0.1) is 0 Å². The van der Waals surface area contributed by atoms with Crippen molar-refractivity contribution in [3.8, 4) is 11.4 Å². The molecule has 0 amide bonds. The largest absolute Gasteiger partial charge is 0.375 e. The number of para-hydroxylation sites is 1. The van der Waals surface area contributed by atoms with Gasteiger partial charge >= 0.3 is 0 Å². The predicted molar refractivity (Wildman–Crippen MR) is 86.7 cm³/mol. The van der Waals surface area contributed by atoms with E-state index in [1.165, 1.54) is 0 Å². The number of rotatable bonds is 3. The van der Waals surface area contributed by atoms with Gasteiger partial charge in [0, 0.05) is 24.8 Å². The van der Waals surface area contributed by atoms with Gasteiger partial charge in [-0.2, -0.15) is 0 Å². The molecule has 4 nitrogen and oxygen atoms in total. The third-order valence-corrected chi connectivity index (χ3v) is 3.67. The first-order valence-electron chi connectivity index (χ1n) is 6.99. The third-order valence-electron chi connectivity index (χ3n) is 3.67. The zero-order valence-electron chi connectivity index (χ0n) is 12.1. The molecule has 1 aromatic heterocycles. The van der Waals surface area contributed by atoms with Crippen LogP contribution in [0.25, 0.3) is 22.3 Å². The first-order chi connectivity index (χ1) is 10.2. The summed E-state index contributed by atoms with van der Waals surface area (Å²) in [6.45, 7) is 3.06. The van der Waals surface area contributed by atoms with Gasteiger partial charge in [-0.05, 0) is 43.3 Å². The second-order valence-corrected chi connectivity index (χ2v) is 4.99. The number of hydrogen-bond donors (Lipinski definition) is 1. The summed E-state index contributed by atoms with van der Waals surface area (Å²) in [6, 6.07) is 15.4. The van der Waals surface area contributed by atoms with Crippen LogP contribution in [0, 0.1) is 0 Å². The van der Waals surface area contributed by atoms with E-state index in [0.29, 0.717) is 16.7 Å². The topological polar surface area (TPSA) is 49.0 Å². The number of aromatic nitrogens is 2. The van der Waals surface area contributed by atoms with Crippen LogP contribution in [0.3, 0.4) is 0 Å². The number of hydrogen-bond acceptors (Lipinski definition) is 3. The van der Waals surface area contributed by atoms with E-state index in [1.54, 1.807) is 6.07 Å². The molecule has 21 heavy (non-hydrogen) atoms. The molecule has 0 saturated carbocycles. The van der Waals surface area contributed by atoms with Crippen LogP contribution in [-0.2, 0) is 0 Å². The van der Waals surface area contributed by atoms with Crippen LogP contribution < -0.4 is 10.5 Å². The van der Waals surface area contributed by atoms with Crippen LogP contribution in [0.1, 0.15) is 6.92 Å². The minimum absolute atomic E-state index is 0.106. The lowest BCUT2D eigenvalue weighted by Crippen LogP contribution is -2.15. The smallest absolute Gasteiger partial charge is 0.259 e. The summed E-state index contributed by atoms with van der Waals surface area (Å²) in [6.07, 6.45) is 0. The van der Waals surface area contributed by atoms with Crippen LogP contribution in [-0.4, -0.2) is 23.6 Å². The second kappa shape index (κ2) is 5.40. The van der Waals surface area contributed by atoms with E-state index >= 15 is 0 Å². The van der Waals surface area contributed by atoms with Gasteiger partial charge in [0.25, 0.3) is 5.56 Å². The van der Waals surface area contributed by atoms with Crippen molar-refractivity contribution in [2.24, 2.45) is 0 Å². The molecule has 1 heterocycles. The molecule has 0 spiro atoms. The van der Waals surface area contributed by atoms with E-state index in [-0.39, 0.29) is 5.56 Å².